The van der Waals surface area contributed by atoms with Crippen LogP contribution in [0.1, 0.15) is 34.9 Å². The highest BCUT2D eigenvalue weighted by Crippen LogP contribution is 2.36. The quantitative estimate of drug-likeness (QED) is 0.420. The molecule has 26 heavy (non-hydrogen) atoms. The van der Waals surface area contributed by atoms with E-state index in [9.17, 15) is 0 Å². The van der Waals surface area contributed by atoms with Gasteiger partial charge in [-0.25, -0.2) is 0 Å². The Balaban J connectivity index is 1.85. The molecule has 2 N–H and O–H groups in total. The van der Waals surface area contributed by atoms with E-state index in [0.717, 1.165) is 16.1 Å². The number of amidine groups is 1. The molecule has 0 radical (unpaired) electrons. The lowest BCUT2D eigenvalue weighted by Crippen LogP contribution is -2.12. The van der Waals surface area contributed by atoms with Gasteiger partial charge in [-0.1, -0.05) is 96.2 Å². The summed E-state index contributed by atoms with van der Waals surface area (Å²) in [5.41, 5.74) is 9.79. The lowest BCUT2D eigenvalue weighted by atomic mass is 10.0. The molecule has 3 rings (SSSR count). The molecule has 4 heteroatoms. The first-order valence-electron chi connectivity index (χ1n) is 8.49. The molecular formula is C22H21ClN2S. The summed E-state index contributed by atoms with van der Waals surface area (Å²) >= 11 is 7.61. The smallest absolute Gasteiger partial charge is 0.155 e. The molecule has 0 amide bonds. The van der Waals surface area contributed by atoms with Crippen LogP contribution in [0.4, 0.5) is 0 Å². The fraction of sp³-hybridized carbons (Fsp3) is 0.136. The average molecular weight is 381 g/mol. The lowest BCUT2D eigenvalue weighted by Gasteiger charge is -2.18. The maximum Gasteiger partial charge on any atom is 0.155 e. The number of benzene rings is 3. The van der Waals surface area contributed by atoms with Gasteiger partial charge in [0.1, 0.15) is 0 Å². The number of hydrogen-bond donors (Lipinski definition) is 1. The number of nitrogens with zero attached hydrogens (tertiary/aromatic N) is 1. The van der Waals surface area contributed by atoms with Crippen molar-refractivity contribution in [1.82, 2.24) is 0 Å². The van der Waals surface area contributed by atoms with E-state index in [1.807, 2.05) is 60.7 Å². The zero-order chi connectivity index (χ0) is 18.4. The summed E-state index contributed by atoms with van der Waals surface area (Å²) in [4.78, 5) is 4.69. The Morgan fingerprint density at radius 2 is 1.31 bits per heavy atom. The van der Waals surface area contributed by atoms with E-state index in [-0.39, 0.29) is 11.3 Å². The molecule has 0 aliphatic heterocycles. The molecule has 3 aromatic rings. The van der Waals surface area contributed by atoms with Gasteiger partial charge >= 0.3 is 0 Å². The lowest BCUT2D eigenvalue weighted by molar-refractivity contribution is 0.822. The van der Waals surface area contributed by atoms with Gasteiger partial charge in [0.2, 0.25) is 0 Å². The first-order chi connectivity index (χ1) is 12.6. The minimum absolute atomic E-state index is 0.0188. The zero-order valence-corrected chi connectivity index (χ0v) is 16.1. The van der Waals surface area contributed by atoms with Gasteiger partial charge in [0, 0.05) is 5.02 Å². The van der Waals surface area contributed by atoms with Crippen molar-refractivity contribution in [1.29, 1.82) is 0 Å². The largest absolute Gasteiger partial charge is 0.378 e. The van der Waals surface area contributed by atoms with Gasteiger partial charge < -0.3 is 5.73 Å². The van der Waals surface area contributed by atoms with E-state index in [2.05, 4.69) is 36.2 Å². The summed E-state index contributed by atoms with van der Waals surface area (Å²) in [6.07, 6.45) is 0. The SMILES string of the molecule is C[C@@H](N=C(N)S[C@@H](c1ccccc1)c1ccc(Cl)cc1)c1ccccc1. The van der Waals surface area contributed by atoms with Gasteiger partial charge in [0.05, 0.1) is 11.3 Å². The summed E-state index contributed by atoms with van der Waals surface area (Å²) in [5.74, 6) is 0. The Morgan fingerprint density at radius 3 is 1.88 bits per heavy atom. The third-order valence-corrected chi connectivity index (χ3v) is 5.50. The van der Waals surface area contributed by atoms with Crippen LogP contribution in [0.2, 0.25) is 5.02 Å². The number of nitrogens with two attached hydrogens (primary N) is 1. The molecule has 0 saturated carbocycles. The average Bonchev–Trinajstić information content (AvgIpc) is 2.68. The number of halogens is 1. The third kappa shape index (κ3) is 4.90. The zero-order valence-electron chi connectivity index (χ0n) is 14.5. The molecular weight excluding hydrogens is 360 g/mol. The third-order valence-electron chi connectivity index (χ3n) is 4.12. The highest BCUT2D eigenvalue weighted by molar-refractivity contribution is 8.14. The molecule has 0 unspecified atom stereocenters. The molecule has 2 nitrogen and oxygen atoms in total. The van der Waals surface area contributed by atoms with E-state index in [4.69, 9.17) is 17.3 Å². The predicted molar refractivity (Wildman–Crippen MR) is 114 cm³/mol. The first-order valence-corrected chi connectivity index (χ1v) is 9.74. The van der Waals surface area contributed by atoms with Crippen molar-refractivity contribution in [2.45, 2.75) is 18.2 Å². The van der Waals surface area contributed by atoms with E-state index < -0.39 is 0 Å². The van der Waals surface area contributed by atoms with Gasteiger partial charge in [0.25, 0.3) is 0 Å². The maximum absolute atomic E-state index is 6.30. The van der Waals surface area contributed by atoms with E-state index in [0.29, 0.717) is 5.17 Å². The van der Waals surface area contributed by atoms with Gasteiger partial charge in [-0.15, -0.1) is 0 Å². The summed E-state index contributed by atoms with van der Waals surface area (Å²) in [5, 5.41) is 1.37. The number of thioether (sulfide) groups is 1. The van der Waals surface area contributed by atoms with Crippen molar-refractivity contribution in [3.63, 3.8) is 0 Å². The second-order valence-electron chi connectivity index (χ2n) is 6.01. The number of hydrogen-bond acceptors (Lipinski definition) is 2. The normalized spacial score (nSPS) is 14.0. The van der Waals surface area contributed by atoms with Gasteiger partial charge in [-0.2, -0.15) is 0 Å². The molecule has 0 fully saturated rings. The van der Waals surface area contributed by atoms with Crippen LogP contribution < -0.4 is 5.73 Å². The van der Waals surface area contributed by atoms with Gasteiger partial charge in [-0.05, 0) is 35.7 Å². The molecule has 3 aromatic carbocycles. The predicted octanol–water partition coefficient (Wildman–Crippen LogP) is 6.24. The Bertz CT molecular complexity index is 848. The fourth-order valence-corrected chi connectivity index (χ4v) is 3.91. The number of aliphatic imine (C=N–C) groups is 1. The van der Waals surface area contributed by atoms with Gasteiger partial charge in [0.15, 0.2) is 5.17 Å². The Hall–Kier alpha value is -2.23. The van der Waals surface area contributed by atoms with Crippen LogP contribution in [0.5, 0.6) is 0 Å². The van der Waals surface area contributed by atoms with Crippen molar-refractivity contribution in [3.8, 4) is 0 Å². The number of rotatable bonds is 5. The molecule has 0 bridgehead atoms. The van der Waals surface area contributed by atoms with Crippen molar-refractivity contribution in [2.75, 3.05) is 0 Å². The first kappa shape index (κ1) is 18.6. The second kappa shape index (κ2) is 8.93. The maximum atomic E-state index is 6.30. The summed E-state index contributed by atoms with van der Waals surface area (Å²) in [6.45, 7) is 2.06. The topological polar surface area (TPSA) is 38.4 Å². The van der Waals surface area contributed by atoms with Crippen LogP contribution in [0.3, 0.4) is 0 Å². The van der Waals surface area contributed by atoms with Crippen molar-refractivity contribution < 1.29 is 0 Å². The monoisotopic (exact) mass is 380 g/mol. The standard InChI is InChI=1S/C22H21ClN2S/c1-16(17-8-4-2-5-9-17)25-22(24)26-21(18-10-6-3-7-11-18)19-12-14-20(23)15-13-19/h2-16,21H,1H3,(H2,24,25)/t16-,21+/m1/s1. The van der Waals surface area contributed by atoms with Crippen LogP contribution in [0.15, 0.2) is 89.9 Å². The van der Waals surface area contributed by atoms with Crippen LogP contribution in [-0.2, 0) is 0 Å². The summed E-state index contributed by atoms with van der Waals surface area (Å²) in [6, 6.07) is 28.4. The highest BCUT2D eigenvalue weighted by atomic mass is 35.5. The molecule has 132 valence electrons. The molecule has 0 spiro atoms. The summed E-state index contributed by atoms with van der Waals surface area (Å²) < 4.78 is 0. The van der Waals surface area contributed by atoms with Crippen molar-refractivity contribution >= 4 is 28.5 Å². The van der Waals surface area contributed by atoms with Crippen molar-refractivity contribution in [3.05, 3.63) is 107 Å². The Kier molecular flexibility index (Phi) is 6.37. The minimum Gasteiger partial charge on any atom is -0.378 e. The Morgan fingerprint density at radius 1 is 0.808 bits per heavy atom. The van der Waals surface area contributed by atoms with Crippen LogP contribution in [0, 0.1) is 0 Å². The van der Waals surface area contributed by atoms with E-state index >= 15 is 0 Å². The molecule has 0 aromatic heterocycles. The van der Waals surface area contributed by atoms with E-state index in [1.54, 1.807) is 11.8 Å². The molecule has 0 saturated heterocycles. The second-order valence-corrected chi connectivity index (χ2v) is 7.58. The Labute approximate surface area is 164 Å². The summed E-state index contributed by atoms with van der Waals surface area (Å²) in [7, 11) is 0. The molecule has 2 atom stereocenters. The van der Waals surface area contributed by atoms with Crippen molar-refractivity contribution in [2.24, 2.45) is 10.7 Å². The molecule has 0 aliphatic carbocycles. The van der Waals surface area contributed by atoms with Crippen LogP contribution in [0.25, 0.3) is 0 Å². The van der Waals surface area contributed by atoms with Crippen LogP contribution in [-0.4, -0.2) is 5.17 Å². The van der Waals surface area contributed by atoms with Crippen LogP contribution >= 0.6 is 23.4 Å². The minimum atomic E-state index is 0.0188. The van der Waals surface area contributed by atoms with Gasteiger partial charge in [-0.3, -0.25) is 4.99 Å². The molecule has 0 heterocycles. The van der Waals surface area contributed by atoms with E-state index in [1.165, 1.54) is 5.56 Å². The highest BCUT2D eigenvalue weighted by Gasteiger charge is 2.17. The fourth-order valence-electron chi connectivity index (χ4n) is 2.74. The molecule has 0 aliphatic rings.